The summed E-state index contributed by atoms with van der Waals surface area (Å²) in [5.41, 5.74) is -6.81. The van der Waals surface area contributed by atoms with Crippen LogP contribution in [0.4, 0.5) is 71.2 Å². The summed E-state index contributed by atoms with van der Waals surface area (Å²) in [6, 6.07) is 45.3. The van der Waals surface area contributed by atoms with Crippen molar-refractivity contribution in [2.45, 2.75) is 107 Å². The van der Waals surface area contributed by atoms with E-state index in [1.807, 2.05) is 0 Å². The first kappa shape index (κ1) is 65.0. The quantitative estimate of drug-likeness (QED) is 0.0157. The van der Waals surface area contributed by atoms with Gasteiger partial charge in [-0.2, -0.15) is 25.6 Å². The fraction of sp³-hybridized carbons (Fsp3) is 0.324. The number of unbranched alkanes of at least 4 members (excludes halogenated alkanes) is 2. The predicted molar refractivity (Wildman–Crippen MR) is 342 cm³/mol. The van der Waals surface area contributed by atoms with E-state index in [9.17, 15) is 0 Å². The number of hydrogen-bond donors (Lipinski definition) is 2. The lowest BCUT2D eigenvalue weighted by molar-refractivity contribution is -0.0498. The third-order valence-corrected chi connectivity index (χ3v) is 18.2. The lowest BCUT2D eigenvalue weighted by atomic mass is 9.88. The molecule has 0 aliphatic heterocycles. The highest BCUT2D eigenvalue weighted by Crippen LogP contribution is 2.74. The first-order valence-electron chi connectivity index (χ1n) is 29.1. The Kier molecular flexibility index (Phi) is 22.2. The van der Waals surface area contributed by atoms with Gasteiger partial charge >= 0.3 is 16.9 Å². The van der Waals surface area contributed by atoms with E-state index in [4.69, 9.17) is 0 Å². The van der Waals surface area contributed by atoms with Gasteiger partial charge in [-0.3, -0.25) is 0 Å². The average molecular weight is 1190 g/mol. The minimum absolute atomic E-state index is 0.143. The standard InChI is InChI=1S/C48H44F7N7P.C20H38N2/c1-63(2,3)48(61(54)44-35-21-9-22-36-44,62(55)45-37-23-10-24-38-45)46(56(49)39-25-11-4-12-26-39,57(50)40-27-13-5-14-28-40)47(58(51)41-29-15-6-16-30-41,59(52)42-31-17-7-18-32-42)60(53)43-33-19-8-20-34-43;1-6-9-16-21-19(4,5)14-10-11-17-22-20(8-3)15-12-13-18(20)7-2/h4-38H,1-3H3;12-13,15,21-22H,6-11,14,16-17H2,1-5H3/q+1;. The van der Waals surface area contributed by atoms with E-state index in [0.29, 0.717) is 0 Å². The molecule has 8 rings (SSSR count). The van der Waals surface area contributed by atoms with Crippen LogP contribution in [0.1, 0.15) is 79.6 Å². The molecule has 0 saturated carbocycles. The monoisotopic (exact) mass is 1190 g/mol. The molecule has 1 unspecified atom stereocenters. The Labute approximate surface area is 499 Å². The second-order valence-electron chi connectivity index (χ2n) is 22.5. The summed E-state index contributed by atoms with van der Waals surface area (Å²) >= 11 is 0. The van der Waals surface area contributed by atoms with Crippen molar-refractivity contribution in [1.29, 1.82) is 0 Å². The van der Waals surface area contributed by atoms with Gasteiger partial charge < -0.3 is 10.6 Å². The van der Waals surface area contributed by atoms with Crippen LogP contribution in [0.5, 0.6) is 0 Å². The van der Waals surface area contributed by atoms with Gasteiger partial charge in [0.05, 0.1) is 72.6 Å². The number of anilines is 7. The summed E-state index contributed by atoms with van der Waals surface area (Å²) in [7, 11) is -4.10. The summed E-state index contributed by atoms with van der Waals surface area (Å²) in [4.78, 5) is 0. The number of halogens is 7. The van der Waals surface area contributed by atoms with Crippen LogP contribution in [-0.4, -0.2) is 61.0 Å². The molecule has 0 bridgehead atoms. The summed E-state index contributed by atoms with van der Waals surface area (Å²) in [5, 5.41) is 0.715. The van der Waals surface area contributed by atoms with Crippen LogP contribution in [0.15, 0.2) is 236 Å². The summed E-state index contributed by atoms with van der Waals surface area (Å²) < 4.78 is 137. The van der Waals surface area contributed by atoms with Crippen LogP contribution in [0.2, 0.25) is 0 Å². The minimum Gasteiger partial charge on any atom is -0.312 e. The Balaban J connectivity index is 0.000000396. The van der Waals surface area contributed by atoms with Gasteiger partial charge in [0.2, 0.25) is 0 Å². The van der Waals surface area contributed by atoms with E-state index in [2.05, 4.69) is 63.5 Å². The number of nitrogens with one attached hydrogen (secondary N) is 2. The van der Waals surface area contributed by atoms with Crippen molar-refractivity contribution in [3.8, 4) is 0 Å². The minimum atomic E-state index is -4.42. The molecule has 0 fully saturated rings. The molecule has 7 aromatic rings. The number of allylic oxidation sites excluding steroid dienone is 2. The highest BCUT2D eigenvalue weighted by Gasteiger charge is 2.91. The molecule has 0 saturated heterocycles. The largest absolute Gasteiger partial charge is 0.330 e. The zero-order chi connectivity index (χ0) is 61.3. The molecule has 1 aliphatic rings. The molecule has 0 aromatic heterocycles. The second kappa shape index (κ2) is 29.0. The van der Waals surface area contributed by atoms with Crippen molar-refractivity contribution in [3.63, 3.8) is 0 Å². The lowest BCUT2D eigenvalue weighted by Crippen LogP contribution is -2.94. The van der Waals surface area contributed by atoms with Crippen molar-refractivity contribution in [1.82, 2.24) is 10.6 Å². The Hall–Kier alpha value is -7.52. The van der Waals surface area contributed by atoms with Crippen LogP contribution in [-0.2, 0) is 0 Å². The van der Waals surface area contributed by atoms with E-state index in [1.54, 1.807) is 0 Å². The first-order chi connectivity index (χ1) is 40.9. The Morgan fingerprint density at radius 3 is 1.06 bits per heavy atom. The maximum atomic E-state index is 19.9. The van der Waals surface area contributed by atoms with Gasteiger partial charge in [-0.15, -0.1) is 10.2 Å². The Morgan fingerprint density at radius 2 is 0.753 bits per heavy atom. The molecular weight excluding hydrogens is 1110 g/mol. The van der Waals surface area contributed by atoms with Crippen LogP contribution in [0.3, 0.4) is 0 Å². The fourth-order valence-corrected chi connectivity index (χ4v) is 13.9. The van der Waals surface area contributed by atoms with E-state index >= 15 is 31.4 Å². The van der Waals surface area contributed by atoms with Crippen molar-refractivity contribution in [2.75, 3.05) is 68.9 Å². The first-order valence-corrected chi connectivity index (χ1v) is 32.3. The van der Waals surface area contributed by atoms with E-state index in [0.717, 1.165) is 86.6 Å². The van der Waals surface area contributed by atoms with E-state index in [-0.39, 0.29) is 21.3 Å². The zero-order valence-corrected chi connectivity index (χ0v) is 50.9. The Bertz CT molecular complexity index is 2930. The second-order valence-corrected chi connectivity index (χ2v) is 27.2. The van der Waals surface area contributed by atoms with E-state index in [1.165, 1.54) is 209 Å². The fourth-order valence-electron chi connectivity index (χ4n) is 11.4. The maximum absolute atomic E-state index is 19.9. The molecule has 7 aromatic carbocycles. The topological polar surface area (TPSA) is 46.7 Å². The van der Waals surface area contributed by atoms with Crippen LogP contribution in [0.25, 0.3) is 0 Å². The van der Waals surface area contributed by atoms with Crippen molar-refractivity contribution >= 4 is 47.1 Å². The molecule has 1 aliphatic carbocycles. The highest BCUT2D eigenvalue weighted by molar-refractivity contribution is 7.75. The third kappa shape index (κ3) is 13.2. The van der Waals surface area contributed by atoms with Crippen LogP contribution < -0.4 is 46.5 Å². The SMILES string of the molecule is CCCCNC(C)(C)CCCCNC1(CC)C=CC=C1CC.C[P+](C)(C)C(N(F)c1ccccc1)(N(F)c1ccccc1)C(N(F)c1ccccc1)(N(F)c1ccccc1)C(N(F)c1ccccc1)(N(F)c1ccccc1)N(F)c1ccccc1. The molecule has 9 nitrogen and oxygen atoms in total. The molecule has 85 heavy (non-hydrogen) atoms. The molecule has 2 N–H and O–H groups in total. The molecule has 452 valence electrons. The number of nitrogens with zero attached hydrogens (tertiary/aromatic N) is 7. The Morgan fingerprint density at radius 1 is 0.424 bits per heavy atom. The highest BCUT2D eigenvalue weighted by atomic mass is 31.2. The van der Waals surface area contributed by atoms with E-state index < -0.39 is 89.5 Å². The molecule has 17 heteroatoms. The van der Waals surface area contributed by atoms with Gasteiger partial charge in [-0.1, -0.05) is 211 Å². The predicted octanol–water partition coefficient (Wildman–Crippen LogP) is 18.6. The summed E-state index contributed by atoms with van der Waals surface area (Å²) in [5.74, 6) is -4.42. The number of rotatable bonds is 29. The third-order valence-electron chi connectivity index (χ3n) is 15.7. The summed E-state index contributed by atoms with van der Waals surface area (Å²) in [6.45, 7) is 17.8. The molecule has 0 amide bonds. The van der Waals surface area contributed by atoms with Gasteiger partial charge in [0.15, 0.2) is 0 Å². The van der Waals surface area contributed by atoms with Crippen molar-refractivity contribution in [2.24, 2.45) is 0 Å². The van der Waals surface area contributed by atoms with Crippen LogP contribution in [0, 0.1) is 0 Å². The number of benzene rings is 7. The van der Waals surface area contributed by atoms with Gasteiger partial charge in [0, 0.05) is 5.54 Å². The van der Waals surface area contributed by atoms with Crippen molar-refractivity contribution in [3.05, 3.63) is 236 Å². The molecular formula is C68H82F7N9P+. The number of para-hydroxylation sites is 7. The normalized spacial score (nSPS) is 14.4. The van der Waals surface area contributed by atoms with Gasteiger partial charge in [0.25, 0.3) is 0 Å². The van der Waals surface area contributed by atoms with Gasteiger partial charge in [0.1, 0.15) is 0 Å². The average Bonchev–Trinajstić information content (AvgIpc) is 0.872. The number of hydrogen-bond acceptors (Lipinski definition) is 9. The van der Waals surface area contributed by atoms with Gasteiger partial charge in [-0.25, -0.2) is 0 Å². The maximum Gasteiger partial charge on any atom is 0.330 e. The van der Waals surface area contributed by atoms with Crippen molar-refractivity contribution < 1.29 is 31.4 Å². The van der Waals surface area contributed by atoms with Crippen LogP contribution >= 0.6 is 7.26 Å². The van der Waals surface area contributed by atoms with Gasteiger partial charge in [-0.05, 0) is 150 Å². The molecule has 0 spiro atoms. The molecule has 0 radical (unpaired) electrons. The lowest BCUT2D eigenvalue weighted by Gasteiger charge is -2.65. The summed E-state index contributed by atoms with van der Waals surface area (Å²) in [6.07, 6.45) is 15.5. The molecule has 1 atom stereocenters. The zero-order valence-electron chi connectivity index (χ0n) is 50.0. The smallest absolute Gasteiger partial charge is 0.312 e. The molecule has 0 heterocycles.